The lowest BCUT2D eigenvalue weighted by Gasteiger charge is -2.07. The fourth-order valence-electron chi connectivity index (χ4n) is 1.58. The smallest absolute Gasteiger partial charge is 0.330 e. The number of nitrogens with zero attached hydrogens (tertiary/aromatic N) is 3. The Kier molecular flexibility index (Phi) is 4.64. The summed E-state index contributed by atoms with van der Waals surface area (Å²) in [5, 5.41) is 11.6. The van der Waals surface area contributed by atoms with Gasteiger partial charge in [-0.15, -0.1) is 0 Å². The van der Waals surface area contributed by atoms with E-state index in [1.54, 1.807) is 19.9 Å². The average molecular weight is 276 g/mol. The minimum atomic E-state index is -0.557. The van der Waals surface area contributed by atoms with E-state index in [1.165, 1.54) is 30.9 Å². The van der Waals surface area contributed by atoms with Crippen LogP contribution in [0.2, 0.25) is 0 Å². The second kappa shape index (κ2) is 6.02. The standard InChI is InChI=1S/C13H16N4O3/c1-8(2)15-11(18)9(6-14)5-10-7-16(3)13(20)17(4)12(10)19/h5,7-8H,1-4H3,(H,15,18)/b9-5+. The summed E-state index contributed by atoms with van der Waals surface area (Å²) in [4.78, 5) is 35.2. The van der Waals surface area contributed by atoms with Crippen LogP contribution in [0.25, 0.3) is 6.08 Å². The summed E-state index contributed by atoms with van der Waals surface area (Å²) < 4.78 is 2.13. The number of nitrogens with one attached hydrogen (secondary N) is 1. The predicted molar refractivity (Wildman–Crippen MR) is 73.8 cm³/mol. The van der Waals surface area contributed by atoms with Gasteiger partial charge >= 0.3 is 5.69 Å². The molecule has 1 aromatic heterocycles. The molecule has 1 heterocycles. The monoisotopic (exact) mass is 276 g/mol. The van der Waals surface area contributed by atoms with E-state index in [0.717, 1.165) is 4.57 Å². The lowest BCUT2D eigenvalue weighted by atomic mass is 10.2. The molecule has 0 aliphatic carbocycles. The molecule has 0 saturated carbocycles. The summed E-state index contributed by atoms with van der Waals surface area (Å²) in [5.74, 6) is -0.557. The molecule has 0 spiro atoms. The summed E-state index contributed by atoms with van der Waals surface area (Å²) in [6, 6.07) is 1.63. The molecule has 0 atom stereocenters. The summed E-state index contributed by atoms with van der Waals surface area (Å²) in [5.41, 5.74) is -1.12. The van der Waals surface area contributed by atoms with E-state index in [1.807, 2.05) is 0 Å². The molecule has 1 amide bonds. The molecule has 0 aliphatic rings. The average Bonchev–Trinajstić information content (AvgIpc) is 2.38. The van der Waals surface area contributed by atoms with E-state index in [9.17, 15) is 14.4 Å². The van der Waals surface area contributed by atoms with Crippen LogP contribution in [-0.4, -0.2) is 21.1 Å². The van der Waals surface area contributed by atoms with Gasteiger partial charge < -0.3 is 9.88 Å². The van der Waals surface area contributed by atoms with Crippen molar-refractivity contribution in [3.63, 3.8) is 0 Å². The van der Waals surface area contributed by atoms with Gasteiger partial charge in [-0.05, 0) is 19.9 Å². The third kappa shape index (κ3) is 3.23. The van der Waals surface area contributed by atoms with Crippen molar-refractivity contribution in [2.45, 2.75) is 19.9 Å². The molecule has 1 rings (SSSR count). The van der Waals surface area contributed by atoms with Gasteiger partial charge in [-0.25, -0.2) is 4.79 Å². The number of amides is 1. The van der Waals surface area contributed by atoms with Gasteiger partial charge in [0.25, 0.3) is 11.5 Å². The number of carbonyl (C=O) groups is 1. The van der Waals surface area contributed by atoms with Crippen LogP contribution in [0.15, 0.2) is 21.4 Å². The number of hydrogen-bond acceptors (Lipinski definition) is 4. The van der Waals surface area contributed by atoms with Gasteiger partial charge in [-0.3, -0.25) is 14.2 Å². The molecule has 0 saturated heterocycles. The third-order valence-corrected chi connectivity index (χ3v) is 2.56. The second-order valence-corrected chi connectivity index (χ2v) is 4.64. The normalized spacial score (nSPS) is 11.3. The summed E-state index contributed by atoms with van der Waals surface area (Å²) >= 11 is 0. The van der Waals surface area contributed by atoms with Gasteiger partial charge in [0.2, 0.25) is 0 Å². The van der Waals surface area contributed by atoms with E-state index in [4.69, 9.17) is 5.26 Å². The van der Waals surface area contributed by atoms with Crippen LogP contribution >= 0.6 is 0 Å². The van der Waals surface area contributed by atoms with Crippen LogP contribution in [-0.2, 0) is 18.9 Å². The second-order valence-electron chi connectivity index (χ2n) is 4.64. The van der Waals surface area contributed by atoms with Crippen LogP contribution in [0, 0.1) is 11.3 Å². The quantitative estimate of drug-likeness (QED) is 0.595. The maximum atomic E-state index is 11.9. The Morgan fingerprint density at radius 1 is 1.40 bits per heavy atom. The van der Waals surface area contributed by atoms with Crippen LogP contribution in [0.1, 0.15) is 19.4 Å². The maximum absolute atomic E-state index is 11.9. The first kappa shape index (κ1) is 15.4. The number of hydrogen-bond donors (Lipinski definition) is 1. The highest BCUT2D eigenvalue weighted by Gasteiger charge is 2.12. The fourth-order valence-corrected chi connectivity index (χ4v) is 1.58. The third-order valence-electron chi connectivity index (χ3n) is 2.56. The Labute approximate surface area is 115 Å². The van der Waals surface area contributed by atoms with Crippen molar-refractivity contribution in [2.24, 2.45) is 14.1 Å². The molecule has 0 fully saturated rings. The zero-order chi connectivity index (χ0) is 15.4. The summed E-state index contributed by atoms with van der Waals surface area (Å²) in [6.45, 7) is 3.52. The highest BCUT2D eigenvalue weighted by molar-refractivity contribution is 6.01. The molecule has 0 aromatic carbocycles. The van der Waals surface area contributed by atoms with Crippen LogP contribution in [0.4, 0.5) is 0 Å². The fraction of sp³-hybridized carbons (Fsp3) is 0.385. The van der Waals surface area contributed by atoms with Crippen LogP contribution in [0.5, 0.6) is 0 Å². The van der Waals surface area contributed by atoms with Crippen LogP contribution < -0.4 is 16.6 Å². The lowest BCUT2D eigenvalue weighted by molar-refractivity contribution is -0.117. The van der Waals surface area contributed by atoms with Gasteiger partial charge in [-0.2, -0.15) is 5.26 Å². The van der Waals surface area contributed by atoms with Crippen molar-refractivity contribution >= 4 is 12.0 Å². The molecule has 0 bridgehead atoms. The van der Waals surface area contributed by atoms with E-state index >= 15 is 0 Å². The first-order chi connectivity index (χ1) is 9.27. The largest absolute Gasteiger partial charge is 0.349 e. The van der Waals surface area contributed by atoms with Crippen molar-refractivity contribution in [1.29, 1.82) is 5.26 Å². The van der Waals surface area contributed by atoms with E-state index < -0.39 is 17.2 Å². The van der Waals surface area contributed by atoms with Gasteiger partial charge in [0.15, 0.2) is 0 Å². The number of carbonyl (C=O) groups excluding carboxylic acids is 1. The minimum Gasteiger partial charge on any atom is -0.349 e. The SMILES string of the molecule is CC(C)NC(=O)/C(C#N)=C/c1cn(C)c(=O)n(C)c1=O. The molecule has 7 nitrogen and oxygen atoms in total. The molecule has 1 N–H and O–H groups in total. The first-order valence-corrected chi connectivity index (χ1v) is 5.97. The highest BCUT2D eigenvalue weighted by Crippen LogP contribution is 2.01. The number of nitriles is 1. The van der Waals surface area contributed by atoms with Gasteiger partial charge in [0.1, 0.15) is 11.6 Å². The van der Waals surface area contributed by atoms with Crippen molar-refractivity contribution in [3.8, 4) is 6.07 Å². The number of aryl methyl sites for hydroxylation is 1. The Morgan fingerprint density at radius 2 is 2.00 bits per heavy atom. The van der Waals surface area contributed by atoms with E-state index in [-0.39, 0.29) is 17.2 Å². The van der Waals surface area contributed by atoms with Gasteiger partial charge in [-0.1, -0.05) is 0 Å². The zero-order valence-corrected chi connectivity index (χ0v) is 11.8. The van der Waals surface area contributed by atoms with Crippen molar-refractivity contribution in [1.82, 2.24) is 14.5 Å². The highest BCUT2D eigenvalue weighted by atomic mass is 16.2. The van der Waals surface area contributed by atoms with Crippen LogP contribution in [0.3, 0.4) is 0 Å². The molecular formula is C13H16N4O3. The number of rotatable bonds is 3. The van der Waals surface area contributed by atoms with Gasteiger partial charge in [0.05, 0.1) is 5.56 Å². The zero-order valence-electron chi connectivity index (χ0n) is 11.8. The van der Waals surface area contributed by atoms with E-state index in [2.05, 4.69) is 5.32 Å². The maximum Gasteiger partial charge on any atom is 0.330 e. The molecule has 106 valence electrons. The lowest BCUT2D eigenvalue weighted by Crippen LogP contribution is -2.38. The predicted octanol–water partition coefficient (Wildman–Crippen LogP) is -0.484. The molecule has 7 heteroatoms. The Balaban J connectivity index is 3.36. The molecule has 20 heavy (non-hydrogen) atoms. The summed E-state index contributed by atoms with van der Waals surface area (Å²) in [6.07, 6.45) is 2.48. The molecule has 0 aliphatic heterocycles. The molecule has 1 aromatic rings. The number of aromatic nitrogens is 2. The van der Waals surface area contributed by atoms with Gasteiger partial charge in [0, 0.05) is 26.3 Å². The topological polar surface area (TPSA) is 96.9 Å². The Hall–Kier alpha value is -2.62. The summed E-state index contributed by atoms with van der Waals surface area (Å²) in [7, 11) is 2.82. The minimum absolute atomic E-state index is 0.102. The van der Waals surface area contributed by atoms with Crippen molar-refractivity contribution in [3.05, 3.63) is 38.2 Å². The Bertz CT molecular complexity index is 717. The van der Waals surface area contributed by atoms with Crippen molar-refractivity contribution in [2.75, 3.05) is 0 Å². The molecular weight excluding hydrogens is 260 g/mol. The molecule has 0 unspecified atom stereocenters. The van der Waals surface area contributed by atoms with Crippen molar-refractivity contribution < 1.29 is 4.79 Å². The first-order valence-electron chi connectivity index (χ1n) is 5.97. The molecule has 0 radical (unpaired) electrons. The Morgan fingerprint density at radius 3 is 2.50 bits per heavy atom. The van der Waals surface area contributed by atoms with E-state index in [0.29, 0.717) is 0 Å².